The van der Waals surface area contributed by atoms with Crippen molar-refractivity contribution in [1.82, 2.24) is 15.1 Å². The van der Waals surface area contributed by atoms with E-state index in [-0.39, 0.29) is 0 Å². The smallest absolute Gasteiger partial charge is 0.229 e. The van der Waals surface area contributed by atoms with Crippen molar-refractivity contribution >= 4 is 17.4 Å². The maximum atomic E-state index is 10.9. The van der Waals surface area contributed by atoms with Crippen LogP contribution in [0.15, 0.2) is 16.8 Å². The lowest BCUT2D eigenvalue weighted by atomic mass is 9.89. The first-order chi connectivity index (χ1) is 10.5. The van der Waals surface area contributed by atoms with Crippen molar-refractivity contribution in [1.29, 1.82) is 0 Å². The van der Waals surface area contributed by atoms with Gasteiger partial charge >= 0.3 is 0 Å². The third-order valence-electron chi connectivity index (χ3n) is 3.97. The number of anilines is 1. The van der Waals surface area contributed by atoms with E-state index in [9.17, 15) is 5.11 Å². The van der Waals surface area contributed by atoms with Crippen LogP contribution in [-0.2, 0) is 6.42 Å². The fourth-order valence-electron chi connectivity index (χ4n) is 2.88. The molecule has 1 N–H and O–H groups in total. The molecular weight excluding hydrogens is 304 g/mol. The molecule has 0 aromatic carbocycles. The molecule has 6 nitrogen and oxygen atoms in total. The van der Waals surface area contributed by atoms with Crippen molar-refractivity contribution in [3.05, 3.63) is 34.6 Å². The molecule has 3 rings (SSSR count). The van der Waals surface area contributed by atoms with Gasteiger partial charge in [-0.1, -0.05) is 16.8 Å². The summed E-state index contributed by atoms with van der Waals surface area (Å²) < 4.78 is 5.13. The summed E-state index contributed by atoms with van der Waals surface area (Å²) in [7, 11) is 0. The van der Waals surface area contributed by atoms with Gasteiger partial charge in [0.25, 0.3) is 0 Å². The van der Waals surface area contributed by atoms with Crippen LogP contribution < -0.4 is 4.90 Å². The number of β-amino-alcohol motifs (C(OH)–C–C–N with tert-alkyl or cyclic N) is 1. The highest BCUT2D eigenvalue weighted by atomic mass is 35.5. The Balaban J connectivity index is 1.80. The third kappa shape index (κ3) is 3.08. The maximum Gasteiger partial charge on any atom is 0.229 e. The highest BCUT2D eigenvalue weighted by molar-refractivity contribution is 6.33. The van der Waals surface area contributed by atoms with Crippen molar-refractivity contribution in [2.45, 2.75) is 38.7 Å². The average molecular weight is 323 g/mol. The summed E-state index contributed by atoms with van der Waals surface area (Å²) in [6, 6.07) is 1.88. The van der Waals surface area contributed by atoms with Gasteiger partial charge in [0.1, 0.15) is 5.82 Å². The highest BCUT2D eigenvalue weighted by Crippen LogP contribution is 2.32. The summed E-state index contributed by atoms with van der Waals surface area (Å²) >= 11 is 6.36. The second-order valence-corrected chi connectivity index (χ2v) is 6.30. The van der Waals surface area contributed by atoms with Gasteiger partial charge in [-0.3, -0.25) is 0 Å². The molecule has 2 aromatic heterocycles. The summed E-state index contributed by atoms with van der Waals surface area (Å²) in [6.45, 7) is 4.98. The Morgan fingerprint density at radius 2 is 2.27 bits per heavy atom. The van der Waals surface area contributed by atoms with E-state index in [1.807, 2.05) is 17.9 Å². The lowest BCUT2D eigenvalue weighted by molar-refractivity contribution is 0.0191. The highest BCUT2D eigenvalue weighted by Gasteiger charge is 2.36. The zero-order chi connectivity index (χ0) is 15.7. The van der Waals surface area contributed by atoms with Crippen molar-refractivity contribution in [3.63, 3.8) is 0 Å². The second kappa shape index (κ2) is 5.85. The Hall–Kier alpha value is -1.66. The fourth-order valence-corrected chi connectivity index (χ4v) is 3.11. The fraction of sp³-hybridized carbons (Fsp3) is 0.533. The number of rotatable bonds is 3. The van der Waals surface area contributed by atoms with Crippen molar-refractivity contribution in [3.8, 4) is 0 Å². The Kier molecular flexibility index (Phi) is 4.06. The molecule has 0 amide bonds. The van der Waals surface area contributed by atoms with Gasteiger partial charge in [-0.05, 0) is 38.3 Å². The molecule has 118 valence electrons. The molecule has 7 heteroatoms. The summed E-state index contributed by atoms with van der Waals surface area (Å²) in [5.41, 5.74) is 0.0692. The van der Waals surface area contributed by atoms with E-state index in [2.05, 4.69) is 15.1 Å². The van der Waals surface area contributed by atoms with Gasteiger partial charge in [0.15, 0.2) is 5.82 Å². The van der Waals surface area contributed by atoms with Gasteiger partial charge < -0.3 is 14.5 Å². The predicted octanol–water partition coefficient (Wildman–Crippen LogP) is 2.31. The van der Waals surface area contributed by atoms with E-state index in [0.717, 1.165) is 24.3 Å². The molecule has 0 saturated carbocycles. The summed E-state index contributed by atoms with van der Waals surface area (Å²) in [5, 5.41) is 15.3. The van der Waals surface area contributed by atoms with Gasteiger partial charge in [-0.25, -0.2) is 4.98 Å². The molecular formula is C15H19ClN4O2. The van der Waals surface area contributed by atoms with E-state index in [1.165, 1.54) is 0 Å². The van der Waals surface area contributed by atoms with Gasteiger partial charge in [-0.15, -0.1) is 0 Å². The van der Waals surface area contributed by atoms with Crippen LogP contribution in [0.1, 0.15) is 30.1 Å². The van der Waals surface area contributed by atoms with E-state index >= 15 is 0 Å². The number of nitrogens with zero attached hydrogens (tertiary/aromatic N) is 4. The SMILES string of the molecule is Cc1noc(CC2(O)CCCN(c3nccc(C)c3Cl)C2)n1. The predicted molar refractivity (Wildman–Crippen MR) is 83.1 cm³/mol. The zero-order valence-electron chi connectivity index (χ0n) is 12.7. The summed E-state index contributed by atoms with van der Waals surface area (Å²) in [4.78, 5) is 10.6. The van der Waals surface area contributed by atoms with Crippen LogP contribution >= 0.6 is 11.6 Å². The van der Waals surface area contributed by atoms with Gasteiger partial charge in [0, 0.05) is 19.3 Å². The van der Waals surface area contributed by atoms with E-state index < -0.39 is 5.60 Å². The van der Waals surface area contributed by atoms with E-state index in [1.54, 1.807) is 13.1 Å². The molecule has 3 heterocycles. The number of pyridine rings is 1. The number of aliphatic hydroxyl groups is 1. The lowest BCUT2D eigenvalue weighted by Gasteiger charge is -2.39. The Bertz CT molecular complexity index is 675. The Labute approximate surface area is 134 Å². The van der Waals surface area contributed by atoms with Gasteiger partial charge in [0.2, 0.25) is 5.89 Å². The molecule has 1 aliphatic rings. The van der Waals surface area contributed by atoms with Crippen LogP contribution in [0, 0.1) is 13.8 Å². The molecule has 1 saturated heterocycles. The minimum atomic E-state index is -0.911. The molecule has 0 aliphatic carbocycles. The van der Waals surface area contributed by atoms with Crippen LogP contribution in [0.2, 0.25) is 5.02 Å². The molecule has 0 spiro atoms. The van der Waals surface area contributed by atoms with E-state index in [4.69, 9.17) is 16.1 Å². The number of aryl methyl sites for hydroxylation is 2. The standard InChI is InChI=1S/C15H19ClN4O2/c1-10-4-6-17-14(13(10)16)20-7-3-5-15(21,9-20)8-12-18-11(2)19-22-12/h4,6,21H,3,5,7-9H2,1-2H3. The van der Waals surface area contributed by atoms with Crippen LogP contribution in [-0.4, -0.2) is 38.9 Å². The normalized spacial score (nSPS) is 22.1. The topological polar surface area (TPSA) is 75.3 Å². The number of hydrogen-bond donors (Lipinski definition) is 1. The molecule has 2 aromatic rings. The molecule has 22 heavy (non-hydrogen) atoms. The van der Waals surface area contributed by atoms with Crippen LogP contribution in [0.5, 0.6) is 0 Å². The van der Waals surface area contributed by atoms with Crippen LogP contribution in [0.25, 0.3) is 0 Å². The number of piperidine rings is 1. The largest absolute Gasteiger partial charge is 0.388 e. The van der Waals surface area contributed by atoms with Gasteiger partial charge in [-0.2, -0.15) is 4.98 Å². The number of aromatic nitrogens is 3. The maximum absolute atomic E-state index is 10.9. The average Bonchev–Trinajstić information content (AvgIpc) is 2.86. The third-order valence-corrected chi connectivity index (χ3v) is 4.44. The molecule has 1 unspecified atom stereocenters. The molecule has 1 atom stereocenters. The number of halogens is 1. The molecule has 1 fully saturated rings. The first kappa shape index (κ1) is 15.2. The molecule has 0 radical (unpaired) electrons. The summed E-state index contributed by atoms with van der Waals surface area (Å²) in [6.07, 6.45) is 3.63. The van der Waals surface area contributed by atoms with Crippen molar-refractivity contribution in [2.24, 2.45) is 0 Å². The summed E-state index contributed by atoms with van der Waals surface area (Å²) in [5.74, 6) is 1.77. The Morgan fingerprint density at radius 1 is 1.45 bits per heavy atom. The number of hydrogen-bond acceptors (Lipinski definition) is 6. The quantitative estimate of drug-likeness (QED) is 0.934. The van der Waals surface area contributed by atoms with E-state index in [0.29, 0.717) is 36.1 Å². The van der Waals surface area contributed by atoms with Crippen LogP contribution in [0.3, 0.4) is 0 Å². The monoisotopic (exact) mass is 322 g/mol. The van der Waals surface area contributed by atoms with Crippen molar-refractivity contribution < 1.29 is 9.63 Å². The minimum Gasteiger partial charge on any atom is -0.388 e. The molecule has 1 aliphatic heterocycles. The molecule has 0 bridgehead atoms. The Morgan fingerprint density at radius 3 is 3.00 bits per heavy atom. The first-order valence-corrected chi connectivity index (χ1v) is 7.72. The van der Waals surface area contributed by atoms with Gasteiger partial charge in [0.05, 0.1) is 17.0 Å². The first-order valence-electron chi connectivity index (χ1n) is 7.34. The lowest BCUT2D eigenvalue weighted by Crippen LogP contribution is -2.50. The van der Waals surface area contributed by atoms with Crippen molar-refractivity contribution in [2.75, 3.05) is 18.0 Å². The zero-order valence-corrected chi connectivity index (χ0v) is 13.5. The van der Waals surface area contributed by atoms with Crippen LogP contribution in [0.4, 0.5) is 5.82 Å². The second-order valence-electron chi connectivity index (χ2n) is 5.93. The minimum absolute atomic E-state index is 0.341.